The predicted octanol–water partition coefficient (Wildman–Crippen LogP) is 2.78. The molecule has 28 heavy (non-hydrogen) atoms. The number of guanidine groups is 1. The number of aliphatic imine (C=N–C) groups is 1. The van der Waals surface area contributed by atoms with Crippen molar-refractivity contribution in [3.05, 3.63) is 59.9 Å². The average molecular weight is 381 g/mol. The van der Waals surface area contributed by atoms with Crippen molar-refractivity contribution >= 4 is 11.5 Å². The molecule has 1 aromatic heterocycles. The molecular formula is C22H32N6. The summed E-state index contributed by atoms with van der Waals surface area (Å²) >= 11 is 0. The average Bonchev–Trinajstić information content (AvgIpc) is 3.14. The molecule has 6 nitrogen and oxygen atoms in total. The summed E-state index contributed by atoms with van der Waals surface area (Å²) in [7, 11) is 6.14. The van der Waals surface area contributed by atoms with Crippen LogP contribution < -0.4 is 5.32 Å². The first-order valence-electron chi connectivity index (χ1n) is 10.0. The Bertz CT molecular complexity index is 805. The summed E-state index contributed by atoms with van der Waals surface area (Å²) in [5.41, 5.74) is 3.94. The van der Waals surface area contributed by atoms with Gasteiger partial charge in [0.25, 0.3) is 0 Å². The maximum atomic E-state index is 4.97. The first-order chi connectivity index (χ1) is 13.6. The van der Waals surface area contributed by atoms with Crippen molar-refractivity contribution in [3.8, 4) is 0 Å². The van der Waals surface area contributed by atoms with E-state index >= 15 is 0 Å². The summed E-state index contributed by atoms with van der Waals surface area (Å²) in [6.45, 7) is 5.55. The molecule has 0 bridgehead atoms. The number of aromatic nitrogens is 2. The normalized spacial score (nSPS) is 16.2. The number of hydrogen-bond donors (Lipinski definition) is 1. The SMILES string of the molecule is CCNC(=NCC(c1cnn(C)c1)N(C)C)N1CC=C(c2ccccc2)CC1. The van der Waals surface area contributed by atoms with Gasteiger partial charge in [-0.1, -0.05) is 36.4 Å². The Balaban J connectivity index is 1.71. The Morgan fingerprint density at radius 3 is 2.64 bits per heavy atom. The molecule has 1 aromatic carbocycles. The van der Waals surface area contributed by atoms with Gasteiger partial charge in [0, 0.05) is 38.4 Å². The smallest absolute Gasteiger partial charge is 0.194 e. The van der Waals surface area contributed by atoms with Gasteiger partial charge in [-0.3, -0.25) is 9.67 Å². The lowest BCUT2D eigenvalue weighted by Crippen LogP contribution is -2.44. The Kier molecular flexibility index (Phi) is 6.87. The fourth-order valence-corrected chi connectivity index (χ4v) is 3.55. The second-order valence-corrected chi connectivity index (χ2v) is 7.41. The molecule has 2 aromatic rings. The first-order valence-corrected chi connectivity index (χ1v) is 10.0. The molecule has 0 amide bonds. The molecule has 1 aliphatic rings. The van der Waals surface area contributed by atoms with Gasteiger partial charge in [-0.25, -0.2) is 0 Å². The molecule has 2 heterocycles. The van der Waals surface area contributed by atoms with E-state index in [0.29, 0.717) is 6.54 Å². The van der Waals surface area contributed by atoms with Crippen LogP contribution in [0.25, 0.3) is 5.57 Å². The zero-order valence-electron chi connectivity index (χ0n) is 17.5. The summed E-state index contributed by atoms with van der Waals surface area (Å²) in [6.07, 6.45) is 7.37. The van der Waals surface area contributed by atoms with Crippen LogP contribution in [0.5, 0.6) is 0 Å². The topological polar surface area (TPSA) is 48.7 Å². The molecule has 0 aliphatic carbocycles. The minimum Gasteiger partial charge on any atom is -0.357 e. The standard InChI is InChI=1S/C22H32N6/c1-5-23-22(24-16-21(26(2)3)20-15-25-27(4)17-20)28-13-11-19(12-14-28)18-9-7-6-8-10-18/h6-11,15,17,21H,5,12-14,16H2,1-4H3,(H,23,24). The van der Waals surface area contributed by atoms with Gasteiger partial charge in [-0.2, -0.15) is 5.10 Å². The summed E-state index contributed by atoms with van der Waals surface area (Å²) in [6, 6.07) is 10.9. The zero-order chi connectivity index (χ0) is 19.9. The highest BCUT2D eigenvalue weighted by molar-refractivity contribution is 5.81. The van der Waals surface area contributed by atoms with Crippen molar-refractivity contribution in [2.24, 2.45) is 12.0 Å². The number of likely N-dealkylation sites (N-methyl/N-ethyl adjacent to an activating group) is 1. The quantitative estimate of drug-likeness (QED) is 0.618. The first kappa shape index (κ1) is 20.1. The van der Waals surface area contributed by atoms with Gasteiger partial charge in [0.2, 0.25) is 0 Å². The Hall–Kier alpha value is -2.60. The van der Waals surface area contributed by atoms with E-state index in [0.717, 1.165) is 32.0 Å². The van der Waals surface area contributed by atoms with Gasteiger partial charge >= 0.3 is 0 Å². The van der Waals surface area contributed by atoms with Crippen LogP contribution >= 0.6 is 0 Å². The molecule has 0 fully saturated rings. The highest BCUT2D eigenvalue weighted by Gasteiger charge is 2.19. The minimum absolute atomic E-state index is 0.211. The number of benzene rings is 1. The third kappa shape index (κ3) is 5.01. The Morgan fingerprint density at radius 2 is 2.07 bits per heavy atom. The molecule has 0 radical (unpaired) electrons. The molecule has 1 atom stereocenters. The van der Waals surface area contributed by atoms with E-state index in [2.05, 4.69) is 83.8 Å². The highest BCUT2D eigenvalue weighted by atomic mass is 15.3. The third-order valence-electron chi connectivity index (χ3n) is 5.14. The van der Waals surface area contributed by atoms with Gasteiger partial charge < -0.3 is 15.1 Å². The van der Waals surface area contributed by atoms with Gasteiger partial charge in [0.15, 0.2) is 5.96 Å². The van der Waals surface area contributed by atoms with Crippen LogP contribution in [0.3, 0.4) is 0 Å². The molecule has 1 N–H and O–H groups in total. The summed E-state index contributed by atoms with van der Waals surface area (Å²) in [5, 5.41) is 7.78. The van der Waals surface area contributed by atoms with Crippen molar-refractivity contribution in [3.63, 3.8) is 0 Å². The minimum atomic E-state index is 0.211. The summed E-state index contributed by atoms with van der Waals surface area (Å²) in [5.74, 6) is 0.988. The van der Waals surface area contributed by atoms with Crippen molar-refractivity contribution in [2.75, 3.05) is 40.3 Å². The van der Waals surface area contributed by atoms with Crippen molar-refractivity contribution in [2.45, 2.75) is 19.4 Å². The number of nitrogens with zero attached hydrogens (tertiary/aromatic N) is 5. The fourth-order valence-electron chi connectivity index (χ4n) is 3.55. The highest BCUT2D eigenvalue weighted by Crippen LogP contribution is 2.22. The van der Waals surface area contributed by atoms with Crippen LogP contribution in [-0.2, 0) is 7.05 Å². The number of hydrogen-bond acceptors (Lipinski definition) is 3. The van der Waals surface area contributed by atoms with Crippen molar-refractivity contribution in [1.82, 2.24) is 24.9 Å². The molecule has 1 unspecified atom stereocenters. The number of nitrogens with one attached hydrogen (secondary N) is 1. The summed E-state index contributed by atoms with van der Waals surface area (Å²) in [4.78, 5) is 9.51. The van der Waals surface area contributed by atoms with Crippen molar-refractivity contribution < 1.29 is 0 Å². The lowest BCUT2D eigenvalue weighted by Gasteiger charge is -2.30. The third-order valence-corrected chi connectivity index (χ3v) is 5.14. The molecular weight excluding hydrogens is 348 g/mol. The second-order valence-electron chi connectivity index (χ2n) is 7.41. The van der Waals surface area contributed by atoms with E-state index in [1.165, 1.54) is 16.7 Å². The lowest BCUT2D eigenvalue weighted by atomic mass is 10.00. The van der Waals surface area contributed by atoms with Gasteiger partial charge in [-0.15, -0.1) is 0 Å². The Labute approximate surface area is 168 Å². The summed E-state index contributed by atoms with van der Waals surface area (Å²) < 4.78 is 1.85. The Morgan fingerprint density at radius 1 is 1.29 bits per heavy atom. The predicted molar refractivity (Wildman–Crippen MR) is 116 cm³/mol. The van der Waals surface area contributed by atoms with Crippen LogP contribution in [0.2, 0.25) is 0 Å². The van der Waals surface area contributed by atoms with Gasteiger partial charge in [-0.05, 0) is 38.6 Å². The molecule has 0 saturated carbocycles. The fraction of sp³-hybridized carbons (Fsp3) is 0.455. The maximum Gasteiger partial charge on any atom is 0.194 e. The molecule has 1 aliphatic heterocycles. The van der Waals surface area contributed by atoms with E-state index in [9.17, 15) is 0 Å². The van der Waals surface area contributed by atoms with Gasteiger partial charge in [0.1, 0.15) is 0 Å². The van der Waals surface area contributed by atoms with E-state index < -0.39 is 0 Å². The van der Waals surface area contributed by atoms with Crippen molar-refractivity contribution in [1.29, 1.82) is 0 Å². The lowest BCUT2D eigenvalue weighted by molar-refractivity contribution is 0.304. The van der Waals surface area contributed by atoms with Crippen LogP contribution in [0, 0.1) is 0 Å². The molecule has 3 rings (SSSR count). The number of aryl methyl sites for hydroxylation is 1. The molecule has 6 heteroatoms. The van der Waals surface area contributed by atoms with Crippen LogP contribution in [0.4, 0.5) is 0 Å². The molecule has 150 valence electrons. The van der Waals surface area contributed by atoms with E-state index in [1.54, 1.807) is 0 Å². The van der Waals surface area contributed by atoms with Crippen LogP contribution in [-0.4, -0.2) is 65.8 Å². The van der Waals surface area contributed by atoms with Gasteiger partial charge in [0.05, 0.1) is 18.8 Å². The second kappa shape index (κ2) is 9.55. The van der Waals surface area contributed by atoms with E-state index in [4.69, 9.17) is 4.99 Å². The molecule has 0 spiro atoms. The van der Waals surface area contributed by atoms with Crippen LogP contribution in [0.1, 0.15) is 30.5 Å². The molecule has 0 saturated heterocycles. The number of rotatable bonds is 6. The van der Waals surface area contributed by atoms with E-state index in [-0.39, 0.29) is 6.04 Å². The largest absolute Gasteiger partial charge is 0.357 e. The van der Waals surface area contributed by atoms with E-state index in [1.807, 2.05) is 17.9 Å². The van der Waals surface area contributed by atoms with Crippen LogP contribution in [0.15, 0.2) is 53.8 Å². The zero-order valence-corrected chi connectivity index (χ0v) is 17.5. The monoisotopic (exact) mass is 380 g/mol. The maximum absolute atomic E-state index is 4.97.